The van der Waals surface area contributed by atoms with Crippen LogP contribution in [0.25, 0.3) is 11.5 Å². The summed E-state index contributed by atoms with van der Waals surface area (Å²) >= 11 is 5.70. The Morgan fingerprint density at radius 1 is 1.44 bits per heavy atom. The number of halogens is 2. The fourth-order valence-electron chi connectivity index (χ4n) is 1.60. The van der Waals surface area contributed by atoms with Gasteiger partial charge < -0.3 is 9.84 Å². The lowest BCUT2D eigenvalue weighted by atomic mass is 10.2. The highest BCUT2D eigenvalue weighted by Gasteiger charge is 2.21. The summed E-state index contributed by atoms with van der Waals surface area (Å²) in [5.74, 6) is 0.484. The third-order valence-corrected chi connectivity index (χ3v) is 3.05. The Kier molecular flexibility index (Phi) is 3.01. The molecule has 94 valence electrons. The molecule has 6 heteroatoms. The maximum Gasteiger partial charge on any atom is 0.258 e. The first-order valence-electron chi connectivity index (χ1n) is 5.74. The van der Waals surface area contributed by atoms with Crippen molar-refractivity contribution in [1.29, 1.82) is 0 Å². The van der Waals surface area contributed by atoms with Crippen molar-refractivity contribution in [2.75, 3.05) is 0 Å². The molecule has 0 spiro atoms. The molecule has 2 aromatic rings. The fourth-order valence-corrected chi connectivity index (χ4v) is 1.78. The molecule has 0 atom stereocenters. The summed E-state index contributed by atoms with van der Waals surface area (Å²) in [6, 6.07) is 4.91. The molecule has 0 amide bonds. The van der Waals surface area contributed by atoms with Crippen molar-refractivity contribution >= 4 is 11.6 Å². The highest BCUT2D eigenvalue weighted by Crippen LogP contribution is 2.24. The number of hydrogen-bond donors (Lipinski definition) is 1. The van der Waals surface area contributed by atoms with Crippen LogP contribution < -0.4 is 5.32 Å². The first-order valence-corrected chi connectivity index (χ1v) is 6.11. The molecule has 1 aromatic heterocycles. The second-order valence-corrected chi connectivity index (χ2v) is 4.71. The molecule has 1 heterocycles. The van der Waals surface area contributed by atoms with Crippen LogP contribution in [0.5, 0.6) is 0 Å². The van der Waals surface area contributed by atoms with Crippen molar-refractivity contribution in [3.63, 3.8) is 0 Å². The topological polar surface area (TPSA) is 51.0 Å². The molecule has 0 radical (unpaired) electrons. The maximum absolute atomic E-state index is 13.0. The molecule has 0 aliphatic heterocycles. The smallest absolute Gasteiger partial charge is 0.258 e. The Balaban J connectivity index is 1.76. The third-order valence-electron chi connectivity index (χ3n) is 2.76. The van der Waals surface area contributed by atoms with Gasteiger partial charge in [-0.25, -0.2) is 4.39 Å². The Hall–Kier alpha value is -1.46. The number of rotatable bonds is 4. The molecule has 1 aliphatic carbocycles. The highest BCUT2D eigenvalue weighted by molar-refractivity contribution is 6.31. The van der Waals surface area contributed by atoms with Crippen LogP contribution >= 0.6 is 11.6 Å². The quantitative estimate of drug-likeness (QED) is 0.925. The average Bonchev–Trinajstić information content (AvgIpc) is 3.08. The van der Waals surface area contributed by atoms with Gasteiger partial charge in [-0.15, -0.1) is 0 Å². The number of benzene rings is 1. The van der Waals surface area contributed by atoms with Gasteiger partial charge in [-0.2, -0.15) is 4.98 Å². The second kappa shape index (κ2) is 4.66. The Morgan fingerprint density at radius 3 is 3.00 bits per heavy atom. The minimum atomic E-state index is -0.462. The van der Waals surface area contributed by atoms with Gasteiger partial charge in [0.2, 0.25) is 0 Å². The molecule has 0 saturated heterocycles. The summed E-state index contributed by atoms with van der Waals surface area (Å²) in [5, 5.41) is 7.19. The van der Waals surface area contributed by atoms with E-state index in [1.165, 1.54) is 25.0 Å². The van der Waals surface area contributed by atoms with Crippen LogP contribution in [0.4, 0.5) is 4.39 Å². The minimum Gasteiger partial charge on any atom is -0.334 e. The lowest BCUT2D eigenvalue weighted by Crippen LogP contribution is -2.16. The van der Waals surface area contributed by atoms with E-state index < -0.39 is 5.82 Å². The molecule has 1 aliphatic rings. The highest BCUT2D eigenvalue weighted by atomic mass is 35.5. The number of aromatic nitrogens is 2. The maximum atomic E-state index is 13.0. The zero-order valence-corrected chi connectivity index (χ0v) is 10.2. The van der Waals surface area contributed by atoms with Crippen molar-refractivity contribution in [3.8, 4) is 11.5 Å². The van der Waals surface area contributed by atoms with Crippen molar-refractivity contribution < 1.29 is 8.91 Å². The summed E-state index contributed by atoms with van der Waals surface area (Å²) in [5.41, 5.74) is 0.617. The molecular formula is C12H11ClFN3O. The normalized spacial score (nSPS) is 15.0. The second-order valence-electron chi connectivity index (χ2n) is 4.30. The predicted octanol–water partition coefficient (Wildman–Crippen LogP) is 2.78. The zero-order chi connectivity index (χ0) is 12.5. The number of hydrogen-bond acceptors (Lipinski definition) is 4. The van der Waals surface area contributed by atoms with Gasteiger partial charge in [0.15, 0.2) is 5.82 Å². The van der Waals surface area contributed by atoms with Crippen LogP contribution in [0.3, 0.4) is 0 Å². The van der Waals surface area contributed by atoms with Gasteiger partial charge in [0.25, 0.3) is 5.89 Å². The van der Waals surface area contributed by atoms with E-state index in [1.54, 1.807) is 6.07 Å². The summed E-state index contributed by atoms with van der Waals surface area (Å²) in [4.78, 5) is 4.23. The monoisotopic (exact) mass is 267 g/mol. The van der Waals surface area contributed by atoms with E-state index in [0.717, 1.165) is 0 Å². The lowest BCUT2D eigenvalue weighted by molar-refractivity contribution is 0.419. The standard InChI is InChI=1S/C12H11ClFN3O/c13-9-5-7(1-4-10(9)14)12-16-11(17-18-12)6-15-8-2-3-8/h1,4-5,8,15H,2-3,6H2. The molecule has 1 aromatic carbocycles. The van der Waals surface area contributed by atoms with Crippen LogP contribution in [0.1, 0.15) is 18.7 Å². The Bertz CT molecular complexity index is 568. The van der Waals surface area contributed by atoms with Crippen LogP contribution in [-0.2, 0) is 6.54 Å². The SMILES string of the molecule is Fc1ccc(-c2nc(CNC3CC3)no2)cc1Cl. The van der Waals surface area contributed by atoms with Crippen molar-refractivity contribution in [3.05, 3.63) is 34.9 Å². The van der Waals surface area contributed by atoms with Gasteiger partial charge in [0, 0.05) is 11.6 Å². The molecule has 0 unspecified atom stereocenters. The number of nitrogens with one attached hydrogen (secondary N) is 1. The van der Waals surface area contributed by atoms with E-state index in [1.807, 2.05) is 0 Å². The molecule has 0 bridgehead atoms. The zero-order valence-electron chi connectivity index (χ0n) is 9.49. The predicted molar refractivity (Wildman–Crippen MR) is 64.6 cm³/mol. The van der Waals surface area contributed by atoms with Crippen molar-refractivity contribution in [2.24, 2.45) is 0 Å². The third kappa shape index (κ3) is 2.52. The molecule has 4 nitrogen and oxygen atoms in total. The van der Waals surface area contributed by atoms with Gasteiger partial charge in [0.1, 0.15) is 5.82 Å². The summed E-state index contributed by atoms with van der Waals surface area (Å²) in [6.07, 6.45) is 2.41. The van der Waals surface area contributed by atoms with Gasteiger partial charge in [-0.05, 0) is 31.0 Å². The largest absolute Gasteiger partial charge is 0.334 e. The van der Waals surface area contributed by atoms with E-state index in [0.29, 0.717) is 29.9 Å². The first-order chi connectivity index (χ1) is 8.72. The molecule has 1 N–H and O–H groups in total. The van der Waals surface area contributed by atoms with Gasteiger partial charge in [0.05, 0.1) is 11.6 Å². The van der Waals surface area contributed by atoms with Crippen molar-refractivity contribution in [2.45, 2.75) is 25.4 Å². The average molecular weight is 268 g/mol. The molecule has 1 saturated carbocycles. The first kappa shape index (κ1) is 11.6. The van der Waals surface area contributed by atoms with Crippen LogP contribution in [0.15, 0.2) is 22.7 Å². The summed E-state index contributed by atoms with van der Waals surface area (Å²) in [6.45, 7) is 0.586. The van der Waals surface area contributed by atoms with E-state index in [4.69, 9.17) is 16.1 Å². The van der Waals surface area contributed by atoms with E-state index in [-0.39, 0.29) is 5.02 Å². The van der Waals surface area contributed by atoms with Gasteiger partial charge >= 0.3 is 0 Å². The number of nitrogens with zero attached hydrogens (tertiary/aromatic N) is 2. The van der Waals surface area contributed by atoms with E-state index in [2.05, 4.69) is 15.5 Å². The van der Waals surface area contributed by atoms with Crippen LogP contribution in [-0.4, -0.2) is 16.2 Å². The lowest BCUT2D eigenvalue weighted by Gasteiger charge is -1.96. The van der Waals surface area contributed by atoms with Crippen molar-refractivity contribution in [1.82, 2.24) is 15.5 Å². The van der Waals surface area contributed by atoms with E-state index in [9.17, 15) is 4.39 Å². The molecule has 1 fully saturated rings. The van der Waals surface area contributed by atoms with Crippen LogP contribution in [0, 0.1) is 5.82 Å². The minimum absolute atomic E-state index is 0.0448. The summed E-state index contributed by atoms with van der Waals surface area (Å²) < 4.78 is 18.1. The Labute approximate surface area is 108 Å². The summed E-state index contributed by atoms with van der Waals surface area (Å²) in [7, 11) is 0. The fraction of sp³-hybridized carbons (Fsp3) is 0.333. The Morgan fingerprint density at radius 2 is 2.28 bits per heavy atom. The molecule has 18 heavy (non-hydrogen) atoms. The molecule has 3 rings (SSSR count). The van der Waals surface area contributed by atoms with Crippen LogP contribution in [0.2, 0.25) is 5.02 Å². The van der Waals surface area contributed by atoms with Gasteiger partial charge in [-0.1, -0.05) is 16.8 Å². The van der Waals surface area contributed by atoms with E-state index >= 15 is 0 Å². The van der Waals surface area contributed by atoms with Gasteiger partial charge in [-0.3, -0.25) is 0 Å². The molecular weight excluding hydrogens is 257 g/mol.